The zero-order valence-electron chi connectivity index (χ0n) is 11.3. The number of hydrogen-bond donors (Lipinski definition) is 1. The highest BCUT2D eigenvalue weighted by molar-refractivity contribution is 5.96. The maximum absolute atomic E-state index is 11.9. The minimum atomic E-state index is -0.942. The van der Waals surface area contributed by atoms with Crippen molar-refractivity contribution in [2.24, 2.45) is 0 Å². The summed E-state index contributed by atoms with van der Waals surface area (Å²) in [6.07, 6.45) is 0. The lowest BCUT2D eigenvalue weighted by Crippen LogP contribution is -2.31. The van der Waals surface area contributed by atoms with Crippen molar-refractivity contribution in [1.29, 1.82) is 0 Å². The normalized spacial score (nSPS) is 14.9. The Kier molecular flexibility index (Phi) is 2.33. The van der Waals surface area contributed by atoms with E-state index in [4.69, 9.17) is 0 Å². The smallest absolute Gasteiger partial charge is 0.318 e. The molecule has 2 nitrogen and oxygen atoms in total. The Labute approximate surface area is 112 Å². The van der Waals surface area contributed by atoms with Gasteiger partial charge in [-0.2, -0.15) is 0 Å². The molecule has 0 fully saturated rings. The van der Waals surface area contributed by atoms with Gasteiger partial charge >= 0.3 is 5.97 Å². The van der Waals surface area contributed by atoms with E-state index in [0.29, 0.717) is 0 Å². The third kappa shape index (κ3) is 1.46. The molecule has 1 aliphatic rings. The molecule has 0 saturated carbocycles. The van der Waals surface area contributed by atoms with Crippen LogP contribution in [0.25, 0.3) is 11.1 Å². The summed E-state index contributed by atoms with van der Waals surface area (Å²) in [6.45, 7) is 5.80. The van der Waals surface area contributed by atoms with Gasteiger partial charge in [0.25, 0.3) is 0 Å². The van der Waals surface area contributed by atoms with Gasteiger partial charge in [0.2, 0.25) is 0 Å². The van der Waals surface area contributed by atoms with Gasteiger partial charge in [-0.3, -0.25) is 4.79 Å². The molecule has 0 saturated heterocycles. The summed E-state index contributed by atoms with van der Waals surface area (Å²) in [7, 11) is 0. The van der Waals surface area contributed by atoms with Gasteiger partial charge in [0, 0.05) is 0 Å². The first-order valence-corrected chi connectivity index (χ1v) is 6.40. The third-order valence-corrected chi connectivity index (χ3v) is 4.15. The lowest BCUT2D eigenvalue weighted by Gasteiger charge is -2.22. The molecule has 0 spiro atoms. The fraction of sp³-hybridized carbons (Fsp3) is 0.235. The van der Waals surface area contributed by atoms with E-state index < -0.39 is 11.4 Å². The summed E-state index contributed by atoms with van der Waals surface area (Å²) < 4.78 is 0. The van der Waals surface area contributed by atoms with Crippen molar-refractivity contribution < 1.29 is 9.90 Å². The Morgan fingerprint density at radius 3 is 1.74 bits per heavy atom. The first-order valence-electron chi connectivity index (χ1n) is 6.40. The largest absolute Gasteiger partial charge is 0.480 e. The predicted octanol–water partition coefficient (Wildman–Crippen LogP) is 3.67. The van der Waals surface area contributed by atoms with Crippen molar-refractivity contribution in [2.75, 3.05) is 0 Å². The van der Waals surface area contributed by atoms with Gasteiger partial charge in [-0.1, -0.05) is 47.5 Å². The Hall–Kier alpha value is -2.09. The van der Waals surface area contributed by atoms with Crippen molar-refractivity contribution in [1.82, 2.24) is 0 Å². The predicted molar refractivity (Wildman–Crippen MR) is 75.4 cm³/mol. The fourth-order valence-electron chi connectivity index (χ4n) is 2.99. The van der Waals surface area contributed by atoms with E-state index in [9.17, 15) is 9.90 Å². The fourth-order valence-corrected chi connectivity index (χ4v) is 2.99. The van der Waals surface area contributed by atoms with Crippen molar-refractivity contribution in [3.63, 3.8) is 0 Å². The molecule has 3 rings (SSSR count). The van der Waals surface area contributed by atoms with Crippen molar-refractivity contribution >= 4 is 5.97 Å². The molecule has 0 bridgehead atoms. The molecule has 0 aromatic heterocycles. The minimum Gasteiger partial charge on any atom is -0.480 e. The standard InChI is InChI=1S/C17H16O2/c1-10-4-6-12-13-7-5-11(2)9-15(13)17(3,16(18)19)14(12)8-10/h4-9H,1-3H3,(H,18,19). The Morgan fingerprint density at radius 2 is 1.37 bits per heavy atom. The second kappa shape index (κ2) is 3.70. The maximum Gasteiger partial charge on any atom is 0.318 e. The molecule has 1 aliphatic carbocycles. The van der Waals surface area contributed by atoms with E-state index in [1.807, 2.05) is 50.2 Å². The third-order valence-electron chi connectivity index (χ3n) is 4.15. The van der Waals surface area contributed by atoms with E-state index in [2.05, 4.69) is 0 Å². The summed E-state index contributed by atoms with van der Waals surface area (Å²) in [5.74, 6) is -0.788. The molecule has 0 heterocycles. The van der Waals surface area contributed by atoms with Gasteiger partial charge in [0.1, 0.15) is 5.41 Å². The SMILES string of the molecule is Cc1ccc2c(c1)C(C)(C(=O)O)c1cc(C)ccc1-2. The first-order chi connectivity index (χ1) is 8.94. The van der Waals surface area contributed by atoms with Crippen LogP contribution in [0.2, 0.25) is 0 Å². The second-order valence-electron chi connectivity index (χ2n) is 5.53. The van der Waals surface area contributed by atoms with Crippen LogP contribution < -0.4 is 0 Å². The zero-order chi connectivity index (χ0) is 13.8. The maximum atomic E-state index is 11.9. The number of benzene rings is 2. The average molecular weight is 252 g/mol. The highest BCUT2D eigenvalue weighted by atomic mass is 16.4. The van der Waals surface area contributed by atoms with Crippen LogP contribution in [-0.2, 0) is 10.2 Å². The van der Waals surface area contributed by atoms with Crippen LogP contribution in [0.4, 0.5) is 0 Å². The molecule has 1 N–H and O–H groups in total. The number of hydrogen-bond acceptors (Lipinski definition) is 1. The summed E-state index contributed by atoms with van der Waals surface area (Å²) in [5, 5.41) is 9.75. The number of rotatable bonds is 1. The van der Waals surface area contributed by atoms with Gasteiger partial charge < -0.3 is 5.11 Å². The lowest BCUT2D eigenvalue weighted by molar-refractivity contribution is -0.141. The average Bonchev–Trinajstić information content (AvgIpc) is 2.60. The zero-order valence-corrected chi connectivity index (χ0v) is 11.3. The molecule has 2 aromatic carbocycles. The molecular formula is C17H16O2. The molecule has 0 radical (unpaired) electrons. The number of fused-ring (bicyclic) bond motifs is 3. The van der Waals surface area contributed by atoms with Crippen molar-refractivity contribution in [3.05, 3.63) is 58.7 Å². The Bertz CT molecular complexity index is 647. The van der Waals surface area contributed by atoms with Crippen LogP contribution in [0.1, 0.15) is 29.2 Å². The van der Waals surface area contributed by atoms with E-state index in [-0.39, 0.29) is 0 Å². The molecule has 0 aliphatic heterocycles. The number of carboxylic acid groups (broad SMARTS) is 1. The Morgan fingerprint density at radius 1 is 0.947 bits per heavy atom. The van der Waals surface area contributed by atoms with Crippen LogP contribution in [0.15, 0.2) is 36.4 Å². The summed E-state index contributed by atoms with van der Waals surface area (Å²) in [6, 6.07) is 12.1. The van der Waals surface area contributed by atoms with Crippen LogP contribution in [0.5, 0.6) is 0 Å². The Balaban J connectivity index is 2.42. The molecule has 96 valence electrons. The number of aliphatic carboxylic acids is 1. The molecule has 0 atom stereocenters. The number of aryl methyl sites for hydroxylation is 2. The molecule has 2 heteroatoms. The van der Waals surface area contributed by atoms with Crippen LogP contribution >= 0.6 is 0 Å². The highest BCUT2D eigenvalue weighted by Gasteiger charge is 2.45. The first kappa shape index (κ1) is 12.0. The highest BCUT2D eigenvalue weighted by Crippen LogP contribution is 2.49. The molecule has 19 heavy (non-hydrogen) atoms. The van der Waals surface area contributed by atoms with E-state index in [0.717, 1.165) is 33.4 Å². The molecule has 0 amide bonds. The van der Waals surface area contributed by atoms with Crippen molar-refractivity contribution in [2.45, 2.75) is 26.2 Å². The van der Waals surface area contributed by atoms with Gasteiger partial charge in [0.15, 0.2) is 0 Å². The second-order valence-corrected chi connectivity index (χ2v) is 5.53. The summed E-state index contributed by atoms with van der Waals surface area (Å²) in [4.78, 5) is 11.9. The number of carbonyl (C=O) groups is 1. The topological polar surface area (TPSA) is 37.3 Å². The molecular weight excluding hydrogens is 236 g/mol. The van der Waals surface area contributed by atoms with Crippen LogP contribution in [0.3, 0.4) is 0 Å². The molecule has 0 unspecified atom stereocenters. The summed E-state index contributed by atoms with van der Waals surface area (Å²) >= 11 is 0. The summed E-state index contributed by atoms with van der Waals surface area (Å²) in [5.41, 5.74) is 5.15. The van der Waals surface area contributed by atoms with Gasteiger partial charge in [0.05, 0.1) is 0 Å². The lowest BCUT2D eigenvalue weighted by atomic mass is 9.79. The van der Waals surface area contributed by atoms with Crippen LogP contribution in [-0.4, -0.2) is 11.1 Å². The van der Waals surface area contributed by atoms with E-state index in [1.165, 1.54) is 0 Å². The van der Waals surface area contributed by atoms with Gasteiger partial charge in [-0.15, -0.1) is 0 Å². The van der Waals surface area contributed by atoms with Crippen LogP contribution in [0, 0.1) is 13.8 Å². The number of carboxylic acids is 1. The monoisotopic (exact) mass is 252 g/mol. The minimum absolute atomic E-state index is 0.788. The van der Waals surface area contributed by atoms with Gasteiger partial charge in [-0.25, -0.2) is 0 Å². The van der Waals surface area contributed by atoms with Crippen molar-refractivity contribution in [3.8, 4) is 11.1 Å². The quantitative estimate of drug-likeness (QED) is 0.840. The molecule has 2 aromatic rings. The van der Waals surface area contributed by atoms with E-state index in [1.54, 1.807) is 6.92 Å². The van der Waals surface area contributed by atoms with Gasteiger partial charge in [-0.05, 0) is 43.0 Å². The van der Waals surface area contributed by atoms with E-state index >= 15 is 0 Å².